The van der Waals surface area contributed by atoms with Gasteiger partial charge in [-0.1, -0.05) is 13.8 Å². The third-order valence-electron chi connectivity index (χ3n) is 2.22. The molecule has 0 saturated carbocycles. The van der Waals surface area contributed by atoms with E-state index in [1.807, 2.05) is 23.6 Å². The van der Waals surface area contributed by atoms with Crippen molar-refractivity contribution in [1.29, 1.82) is 0 Å². The fraction of sp³-hybridized carbons (Fsp3) is 0.400. The lowest BCUT2D eigenvalue weighted by Crippen LogP contribution is -2.15. The van der Waals surface area contributed by atoms with E-state index >= 15 is 0 Å². The minimum Gasteiger partial charge on any atom is -0.298 e. The van der Waals surface area contributed by atoms with Gasteiger partial charge in [-0.3, -0.25) is 9.20 Å². The highest BCUT2D eigenvalue weighted by molar-refractivity contribution is 5.48. The van der Waals surface area contributed by atoms with Gasteiger partial charge in [0.1, 0.15) is 11.3 Å². The smallest absolute Gasteiger partial charge is 0.288 e. The van der Waals surface area contributed by atoms with Crippen molar-refractivity contribution < 1.29 is 0 Å². The molecule has 1 N–H and O–H groups in total. The number of nitrogens with zero attached hydrogens (tertiary/aromatic N) is 2. The summed E-state index contributed by atoms with van der Waals surface area (Å²) in [5.74, 6) is 1.17. The minimum atomic E-state index is -0.137. The van der Waals surface area contributed by atoms with E-state index in [1.54, 1.807) is 0 Å². The Morgan fingerprint density at radius 2 is 2.21 bits per heavy atom. The van der Waals surface area contributed by atoms with E-state index in [4.69, 9.17) is 0 Å². The van der Waals surface area contributed by atoms with Crippen molar-refractivity contribution in [2.75, 3.05) is 0 Å². The van der Waals surface area contributed by atoms with Gasteiger partial charge in [-0.25, -0.2) is 5.10 Å². The quantitative estimate of drug-likeness (QED) is 0.741. The van der Waals surface area contributed by atoms with Crippen LogP contribution >= 0.6 is 0 Å². The van der Waals surface area contributed by atoms with Crippen LogP contribution in [0.1, 0.15) is 31.2 Å². The second-order valence-corrected chi connectivity index (χ2v) is 3.84. The highest BCUT2D eigenvalue weighted by atomic mass is 16.1. The van der Waals surface area contributed by atoms with Gasteiger partial charge in [0.15, 0.2) is 0 Å². The average molecular weight is 191 g/mol. The maximum atomic E-state index is 11.4. The first kappa shape index (κ1) is 8.99. The van der Waals surface area contributed by atoms with Crippen LogP contribution in [0, 0.1) is 6.92 Å². The Bertz CT molecular complexity index is 522. The van der Waals surface area contributed by atoms with Crippen molar-refractivity contribution in [2.24, 2.45) is 0 Å². The Morgan fingerprint density at radius 1 is 1.50 bits per heavy atom. The van der Waals surface area contributed by atoms with Crippen LogP contribution < -0.4 is 5.56 Å². The predicted octanol–water partition coefficient (Wildman–Crippen LogP) is 1.45. The normalized spacial score (nSPS) is 11.4. The number of aromatic nitrogens is 3. The zero-order valence-corrected chi connectivity index (χ0v) is 8.53. The Kier molecular flexibility index (Phi) is 1.91. The topological polar surface area (TPSA) is 50.2 Å². The summed E-state index contributed by atoms with van der Waals surface area (Å²) in [4.78, 5) is 11.4. The minimum absolute atomic E-state index is 0.137. The van der Waals surface area contributed by atoms with E-state index in [9.17, 15) is 4.79 Å². The second-order valence-electron chi connectivity index (χ2n) is 3.84. The third-order valence-corrected chi connectivity index (χ3v) is 2.22. The van der Waals surface area contributed by atoms with Crippen molar-refractivity contribution in [1.82, 2.24) is 14.6 Å². The molecule has 0 atom stereocenters. The molecule has 4 heteroatoms. The zero-order valence-electron chi connectivity index (χ0n) is 8.53. The summed E-state index contributed by atoms with van der Waals surface area (Å²) in [5, 5.41) is 6.56. The fourth-order valence-corrected chi connectivity index (χ4v) is 1.59. The van der Waals surface area contributed by atoms with Gasteiger partial charge in [-0.15, -0.1) is 0 Å². The van der Waals surface area contributed by atoms with Crippen LogP contribution in [-0.4, -0.2) is 14.6 Å². The molecule has 0 amide bonds. The van der Waals surface area contributed by atoms with E-state index in [-0.39, 0.29) is 5.56 Å². The van der Waals surface area contributed by atoms with Gasteiger partial charge in [-0.2, -0.15) is 5.10 Å². The van der Waals surface area contributed by atoms with Crippen LogP contribution in [0.15, 0.2) is 17.1 Å². The van der Waals surface area contributed by atoms with Crippen molar-refractivity contribution in [3.63, 3.8) is 0 Å². The molecule has 0 saturated heterocycles. The van der Waals surface area contributed by atoms with Crippen LogP contribution in [-0.2, 0) is 0 Å². The van der Waals surface area contributed by atoms with Crippen LogP contribution in [0.25, 0.3) is 5.52 Å². The molecule has 2 heterocycles. The van der Waals surface area contributed by atoms with E-state index < -0.39 is 0 Å². The van der Waals surface area contributed by atoms with Gasteiger partial charge in [0.2, 0.25) is 0 Å². The van der Waals surface area contributed by atoms with Crippen LogP contribution in [0.5, 0.6) is 0 Å². The first-order valence-electron chi connectivity index (χ1n) is 4.67. The molecule has 0 fully saturated rings. The molecule has 2 rings (SSSR count). The summed E-state index contributed by atoms with van der Waals surface area (Å²) in [5.41, 5.74) is 1.61. The molecule has 0 radical (unpaired) electrons. The highest BCUT2D eigenvalue weighted by Crippen LogP contribution is 2.13. The number of nitrogens with one attached hydrogen (secondary N) is 1. The molecular formula is C10H13N3O. The maximum Gasteiger partial charge on any atom is 0.288 e. The number of fused-ring (bicyclic) bond motifs is 1. The number of hydrogen-bond donors (Lipinski definition) is 1. The molecule has 0 unspecified atom stereocenters. The molecular weight excluding hydrogens is 178 g/mol. The summed E-state index contributed by atoms with van der Waals surface area (Å²) in [6, 6.07) is 1.87. The van der Waals surface area contributed by atoms with E-state index in [2.05, 4.69) is 24.0 Å². The molecule has 0 aliphatic rings. The Hall–Kier alpha value is -1.58. The molecule has 14 heavy (non-hydrogen) atoms. The summed E-state index contributed by atoms with van der Waals surface area (Å²) < 4.78 is 1.86. The lowest BCUT2D eigenvalue weighted by atomic mass is 10.2. The van der Waals surface area contributed by atoms with Gasteiger partial charge >= 0.3 is 0 Å². The third kappa shape index (κ3) is 1.23. The molecule has 0 spiro atoms. The molecule has 74 valence electrons. The van der Waals surface area contributed by atoms with Gasteiger partial charge in [0.05, 0.1) is 0 Å². The zero-order chi connectivity index (χ0) is 10.3. The van der Waals surface area contributed by atoms with Crippen molar-refractivity contribution >= 4 is 5.52 Å². The van der Waals surface area contributed by atoms with Gasteiger partial charge in [0.25, 0.3) is 5.56 Å². The lowest BCUT2D eigenvalue weighted by Gasteiger charge is -2.06. The van der Waals surface area contributed by atoms with E-state index in [1.165, 1.54) is 0 Å². The Labute approximate surface area is 81.6 Å². The highest BCUT2D eigenvalue weighted by Gasteiger charge is 2.09. The predicted molar refractivity (Wildman–Crippen MR) is 54.6 cm³/mol. The van der Waals surface area contributed by atoms with Crippen LogP contribution in [0.2, 0.25) is 0 Å². The van der Waals surface area contributed by atoms with Gasteiger partial charge in [-0.05, 0) is 18.6 Å². The number of aryl methyl sites for hydroxylation is 1. The number of aromatic amines is 1. The van der Waals surface area contributed by atoms with Crippen LogP contribution in [0.4, 0.5) is 0 Å². The first-order chi connectivity index (χ1) is 6.59. The molecule has 0 aliphatic heterocycles. The molecule has 0 aromatic carbocycles. The van der Waals surface area contributed by atoms with Crippen molar-refractivity contribution in [3.05, 3.63) is 34.0 Å². The largest absolute Gasteiger partial charge is 0.298 e. The maximum absolute atomic E-state index is 11.4. The Balaban J connectivity index is 2.88. The SMILES string of the molecule is Cc1cc2c(=O)[nH]nc(C(C)C)n2c1. The second kappa shape index (κ2) is 2.97. The molecule has 2 aromatic heterocycles. The lowest BCUT2D eigenvalue weighted by molar-refractivity contribution is 0.711. The van der Waals surface area contributed by atoms with Crippen molar-refractivity contribution in [2.45, 2.75) is 26.7 Å². The number of hydrogen-bond acceptors (Lipinski definition) is 2. The van der Waals surface area contributed by atoms with Gasteiger partial charge < -0.3 is 0 Å². The summed E-state index contributed by atoms with van der Waals surface area (Å²) in [6.45, 7) is 6.07. The average Bonchev–Trinajstić information content (AvgIpc) is 2.47. The summed E-state index contributed by atoms with van der Waals surface area (Å²) in [6.07, 6.45) is 1.94. The van der Waals surface area contributed by atoms with Gasteiger partial charge in [0, 0.05) is 12.1 Å². The van der Waals surface area contributed by atoms with Crippen LogP contribution in [0.3, 0.4) is 0 Å². The van der Waals surface area contributed by atoms with E-state index in [0.29, 0.717) is 11.4 Å². The molecule has 2 aromatic rings. The number of H-pyrrole nitrogens is 1. The fourth-order valence-electron chi connectivity index (χ4n) is 1.59. The summed E-state index contributed by atoms with van der Waals surface area (Å²) >= 11 is 0. The number of rotatable bonds is 1. The van der Waals surface area contributed by atoms with Crippen molar-refractivity contribution in [3.8, 4) is 0 Å². The Morgan fingerprint density at radius 3 is 2.86 bits per heavy atom. The monoisotopic (exact) mass is 191 g/mol. The molecule has 0 aliphatic carbocycles. The molecule has 0 bridgehead atoms. The summed E-state index contributed by atoms with van der Waals surface area (Å²) in [7, 11) is 0. The standard InChI is InChI=1S/C10H13N3O/c1-6(2)9-11-12-10(14)8-4-7(3)5-13(8)9/h4-6H,1-3H3,(H,12,14). The molecule has 4 nitrogen and oxygen atoms in total. The van der Waals surface area contributed by atoms with E-state index in [0.717, 1.165) is 11.4 Å². The first-order valence-corrected chi connectivity index (χ1v) is 4.67.